The summed E-state index contributed by atoms with van der Waals surface area (Å²) in [7, 11) is 0. The molecule has 15 nitrogen and oxygen atoms in total. The van der Waals surface area contributed by atoms with E-state index in [4.69, 9.17) is 21.3 Å². The van der Waals surface area contributed by atoms with Crippen LogP contribution in [0.25, 0.3) is 15.4 Å². The molecule has 0 bridgehead atoms. The molecule has 4 amide bonds. The Hall–Kier alpha value is -6.11. The number of amides is 4. The van der Waals surface area contributed by atoms with Crippen molar-refractivity contribution < 1.29 is 29.0 Å². The number of likely N-dealkylation sites (tertiary alicyclic amines) is 1. The molecule has 3 aromatic carbocycles. The van der Waals surface area contributed by atoms with Crippen LogP contribution < -0.4 is 16.0 Å². The van der Waals surface area contributed by atoms with Gasteiger partial charge in [0.15, 0.2) is 5.82 Å². The number of benzene rings is 3. The third-order valence-corrected chi connectivity index (χ3v) is 15.1. The molecule has 1 fully saturated rings. The third kappa shape index (κ3) is 11.4. The van der Waals surface area contributed by atoms with Crippen molar-refractivity contribution in [1.82, 2.24) is 40.6 Å². The van der Waals surface area contributed by atoms with Crippen LogP contribution >= 0.6 is 34.3 Å². The van der Waals surface area contributed by atoms with Crippen molar-refractivity contribution in [2.24, 2.45) is 10.4 Å². The second-order valence-electron chi connectivity index (χ2n) is 19.0. The Morgan fingerprint density at radius 2 is 1.61 bits per heavy atom. The fourth-order valence-electron chi connectivity index (χ4n) is 8.81. The lowest BCUT2D eigenvalue weighted by atomic mass is 9.85. The van der Waals surface area contributed by atoms with Crippen molar-refractivity contribution in [2.75, 3.05) is 19.8 Å². The molecule has 3 aromatic heterocycles. The van der Waals surface area contributed by atoms with E-state index in [1.54, 1.807) is 22.7 Å². The zero-order chi connectivity index (χ0) is 49.9. The van der Waals surface area contributed by atoms with E-state index in [-0.39, 0.29) is 57.5 Å². The average molecular weight is 1000 g/mol. The number of nitrogens with zero attached hydrogens (tertiary/aromatic N) is 6. The summed E-state index contributed by atoms with van der Waals surface area (Å²) in [6.07, 6.45) is -0.242. The molecule has 18 heteroatoms. The summed E-state index contributed by atoms with van der Waals surface area (Å²) in [5.41, 5.74) is 9.62. The number of ether oxygens (including phenoxy) is 1. The molecule has 0 saturated carbocycles. The predicted octanol–water partition coefficient (Wildman–Crippen LogP) is 7.31. The van der Waals surface area contributed by atoms with Gasteiger partial charge in [0, 0.05) is 47.1 Å². The monoisotopic (exact) mass is 1000 g/mol. The quantitative estimate of drug-likeness (QED) is 0.0720. The molecule has 0 aliphatic carbocycles. The van der Waals surface area contributed by atoms with E-state index < -0.39 is 41.5 Å². The molecular formula is C52H58ClN9O6S2. The number of β-amino-alcohol motifs (C(OH)–C–C–N with tert-alkyl or cyclic N) is 1. The summed E-state index contributed by atoms with van der Waals surface area (Å²) in [4.78, 5) is 67.7. The van der Waals surface area contributed by atoms with E-state index in [0.29, 0.717) is 23.1 Å². The molecule has 0 radical (unpaired) electrons. The minimum Gasteiger partial charge on any atom is -0.391 e. The number of thiazole rings is 1. The highest BCUT2D eigenvalue weighted by Crippen LogP contribution is 2.40. The fraction of sp³-hybridized carbons (Fsp3) is 0.385. The molecule has 5 heterocycles. The number of fused-ring (bicyclic) bond motifs is 3. The molecule has 0 spiro atoms. The molecule has 4 atom stereocenters. The summed E-state index contributed by atoms with van der Waals surface area (Å²) in [5.74, 6) is -0.174. The first-order valence-corrected chi connectivity index (χ1v) is 25.4. The van der Waals surface area contributed by atoms with Gasteiger partial charge in [-0.15, -0.1) is 32.9 Å². The van der Waals surface area contributed by atoms with Crippen molar-refractivity contribution in [3.8, 4) is 15.4 Å². The van der Waals surface area contributed by atoms with Gasteiger partial charge < -0.3 is 30.7 Å². The molecule has 366 valence electrons. The minimum atomic E-state index is -0.983. The maximum Gasteiger partial charge on any atom is 0.246 e. The lowest BCUT2D eigenvalue weighted by molar-refractivity contribution is -0.144. The number of aryl methyl sites for hydroxylation is 3. The van der Waals surface area contributed by atoms with Crippen molar-refractivity contribution in [1.29, 1.82) is 0 Å². The van der Waals surface area contributed by atoms with E-state index in [0.717, 1.165) is 65.1 Å². The highest BCUT2D eigenvalue weighted by atomic mass is 35.5. The number of hydrogen-bond acceptors (Lipinski definition) is 12. The lowest BCUT2D eigenvalue weighted by Crippen LogP contribution is -2.58. The van der Waals surface area contributed by atoms with Crippen LogP contribution in [0.5, 0.6) is 0 Å². The lowest BCUT2D eigenvalue weighted by Gasteiger charge is -2.35. The van der Waals surface area contributed by atoms with Gasteiger partial charge in [0.25, 0.3) is 0 Å². The van der Waals surface area contributed by atoms with Crippen molar-refractivity contribution in [3.05, 3.63) is 139 Å². The van der Waals surface area contributed by atoms with E-state index in [1.807, 2.05) is 117 Å². The second-order valence-corrected chi connectivity index (χ2v) is 21.4. The number of carbonyl (C=O) groups excluding carboxylic acids is 4. The van der Waals surface area contributed by atoms with Crippen LogP contribution in [0.1, 0.15) is 95.3 Å². The number of hydrogen-bond donors (Lipinski definition) is 4. The molecule has 70 heavy (non-hydrogen) atoms. The van der Waals surface area contributed by atoms with Crippen LogP contribution in [0.15, 0.2) is 83.3 Å². The maximum absolute atomic E-state index is 14.1. The maximum atomic E-state index is 14.1. The summed E-state index contributed by atoms with van der Waals surface area (Å²) >= 11 is 9.49. The number of nitrogens with one attached hydrogen (secondary N) is 3. The number of aromatic nitrogens is 4. The van der Waals surface area contributed by atoms with Crippen LogP contribution in [0.3, 0.4) is 0 Å². The number of aliphatic imine (C=N–C) groups is 1. The van der Waals surface area contributed by atoms with Gasteiger partial charge >= 0.3 is 0 Å². The Morgan fingerprint density at radius 1 is 0.900 bits per heavy atom. The van der Waals surface area contributed by atoms with Crippen molar-refractivity contribution in [3.63, 3.8) is 0 Å². The van der Waals surface area contributed by atoms with Gasteiger partial charge in [0.2, 0.25) is 23.6 Å². The predicted molar refractivity (Wildman–Crippen MR) is 272 cm³/mol. The van der Waals surface area contributed by atoms with Gasteiger partial charge in [-0.1, -0.05) is 93.0 Å². The van der Waals surface area contributed by atoms with Crippen LogP contribution in [-0.4, -0.2) is 97.0 Å². The Bertz CT molecular complexity index is 2920. The highest BCUT2D eigenvalue weighted by Gasteiger charge is 2.44. The van der Waals surface area contributed by atoms with Gasteiger partial charge in [0.1, 0.15) is 35.6 Å². The second kappa shape index (κ2) is 21.5. The summed E-state index contributed by atoms with van der Waals surface area (Å²) in [6.45, 7) is 14.0. The van der Waals surface area contributed by atoms with Crippen molar-refractivity contribution >= 4 is 63.6 Å². The van der Waals surface area contributed by atoms with Gasteiger partial charge in [-0.2, -0.15) is 0 Å². The first-order valence-electron chi connectivity index (χ1n) is 23.3. The molecule has 8 rings (SSSR count). The summed E-state index contributed by atoms with van der Waals surface area (Å²) in [6, 6.07) is 20.8. The van der Waals surface area contributed by atoms with Crippen LogP contribution in [-0.2, 0) is 43.4 Å². The van der Waals surface area contributed by atoms with E-state index in [1.165, 1.54) is 4.90 Å². The number of aliphatic hydroxyl groups excluding tert-OH is 1. The Balaban J connectivity index is 0.827. The number of rotatable bonds is 16. The minimum absolute atomic E-state index is 0.0256. The smallest absolute Gasteiger partial charge is 0.246 e. The molecule has 1 unspecified atom stereocenters. The normalized spacial score (nSPS) is 17.0. The van der Waals surface area contributed by atoms with Gasteiger partial charge in [-0.3, -0.25) is 28.7 Å². The molecule has 1 saturated heterocycles. The third-order valence-electron chi connectivity index (χ3n) is 12.7. The summed E-state index contributed by atoms with van der Waals surface area (Å²) in [5, 5.41) is 30.0. The SMILES string of the molecule is Cc1ncsc1-c1ccc(CNC(=O)[C@@H]2C[C@@H](O)CN2C(=O)C(NC(=O)COCCc2cccc(CNC(=O)C[C@@H]3N=C(c4ccc(Cl)cc4)c4c(sc(C)c4C)-n4c(C)nnc43)c2)C(C)(C)C)cc1. The zero-order valence-corrected chi connectivity index (χ0v) is 42.7. The largest absolute Gasteiger partial charge is 0.391 e. The van der Waals surface area contributed by atoms with Gasteiger partial charge in [0.05, 0.1) is 40.9 Å². The number of halogens is 1. The number of aliphatic hydroxyl groups is 1. The molecule has 4 N–H and O–H groups in total. The van der Waals surface area contributed by atoms with Crippen LogP contribution in [0.2, 0.25) is 5.02 Å². The van der Waals surface area contributed by atoms with Gasteiger partial charge in [-0.05, 0) is 79.5 Å². The zero-order valence-electron chi connectivity index (χ0n) is 40.3. The van der Waals surface area contributed by atoms with Crippen LogP contribution in [0.4, 0.5) is 0 Å². The van der Waals surface area contributed by atoms with E-state index in [9.17, 15) is 24.3 Å². The Morgan fingerprint density at radius 3 is 2.33 bits per heavy atom. The first-order chi connectivity index (χ1) is 33.4. The van der Waals surface area contributed by atoms with Crippen molar-refractivity contribution in [2.45, 2.75) is 105 Å². The summed E-state index contributed by atoms with van der Waals surface area (Å²) < 4.78 is 7.82. The highest BCUT2D eigenvalue weighted by molar-refractivity contribution is 7.15. The molecule has 2 aliphatic rings. The fourth-order valence-corrected chi connectivity index (χ4v) is 11.0. The van der Waals surface area contributed by atoms with Crippen LogP contribution in [0, 0.1) is 33.1 Å². The topological polar surface area (TPSA) is 193 Å². The number of thiophene rings is 1. The Labute approximate surface area is 420 Å². The number of carbonyl (C=O) groups is 4. The molecular weight excluding hydrogens is 946 g/mol. The average Bonchev–Trinajstić information content (AvgIpc) is 4.10. The van der Waals surface area contributed by atoms with Gasteiger partial charge in [-0.25, -0.2) is 4.98 Å². The standard InChI is InChI=1S/C52H58ClN9O6S2/c1-29-31(3)70-51-44(29)45(36-15-17-38(53)18-16-36)57-40(48-60-59-32(4)62(48)51)23-42(64)54-25-35-10-8-9-33(21-35)19-20-68-27-43(65)58-47(52(5,6)7)50(67)61-26-39(63)22-41(61)49(66)55-24-34-11-13-37(14-12-34)46-30(2)56-28-69-46/h8-18,21,28,39-41,47,63H,19-20,22-27H2,1-7H3,(H,54,64)(H,55,66)(H,58,65)/t39-,40+,41+,47?/m1/s1. The van der Waals surface area contributed by atoms with E-state index >= 15 is 0 Å². The molecule has 6 aromatic rings. The van der Waals surface area contributed by atoms with E-state index in [2.05, 4.69) is 45.0 Å². The Kier molecular flexibility index (Phi) is 15.4. The molecule has 2 aliphatic heterocycles. The first kappa shape index (κ1) is 50.3.